The Kier molecular flexibility index (Phi) is 3.09. The Hall–Kier alpha value is -1.88. The van der Waals surface area contributed by atoms with E-state index in [0.717, 1.165) is 5.69 Å². The predicted octanol–water partition coefficient (Wildman–Crippen LogP) is 2.57. The number of nitrogens with two attached hydrogens (primary N) is 1. The summed E-state index contributed by atoms with van der Waals surface area (Å²) in [6, 6.07) is 4.04. The summed E-state index contributed by atoms with van der Waals surface area (Å²) in [5.74, 6) is -0.662. The van der Waals surface area contributed by atoms with E-state index < -0.39 is 5.82 Å². The zero-order chi connectivity index (χ0) is 13.4. The zero-order valence-electron chi connectivity index (χ0n) is 9.96. The molecular weight excluding hydrogens is 255 g/mol. The molecule has 0 aliphatic rings. The van der Waals surface area contributed by atoms with Crippen molar-refractivity contribution in [2.45, 2.75) is 13.8 Å². The lowest BCUT2D eigenvalue weighted by molar-refractivity contribution is 0.626. The minimum atomic E-state index is -0.448. The molecule has 2 rings (SSSR count). The standard InChI is InChI=1S/C12H12ClFN4/c1-6-11(13)7(2)18(17-6)10-4-3-8(14)5-9(10)12(15)16/h3-5H,1-2H3,(H3,15,16). The van der Waals surface area contributed by atoms with Gasteiger partial charge in [0.15, 0.2) is 0 Å². The number of amidine groups is 1. The van der Waals surface area contributed by atoms with E-state index in [1.807, 2.05) is 0 Å². The van der Waals surface area contributed by atoms with Crippen LogP contribution in [0.3, 0.4) is 0 Å². The number of aryl methyl sites for hydroxylation is 1. The van der Waals surface area contributed by atoms with Crippen LogP contribution in [0.15, 0.2) is 18.2 Å². The SMILES string of the molecule is Cc1nn(-c2ccc(F)cc2C(=N)N)c(C)c1Cl. The Balaban J connectivity index is 2.71. The number of halogens is 2. The zero-order valence-corrected chi connectivity index (χ0v) is 10.7. The van der Waals surface area contributed by atoms with E-state index >= 15 is 0 Å². The largest absolute Gasteiger partial charge is 0.384 e. The van der Waals surface area contributed by atoms with Gasteiger partial charge in [-0.25, -0.2) is 9.07 Å². The third-order valence-corrected chi connectivity index (χ3v) is 3.23. The van der Waals surface area contributed by atoms with E-state index in [1.165, 1.54) is 18.2 Å². The van der Waals surface area contributed by atoms with E-state index in [4.69, 9.17) is 22.7 Å². The number of rotatable bonds is 2. The summed E-state index contributed by atoms with van der Waals surface area (Å²) in [6.45, 7) is 3.58. The van der Waals surface area contributed by atoms with Gasteiger partial charge in [0.25, 0.3) is 0 Å². The first-order valence-corrected chi connectivity index (χ1v) is 5.65. The summed E-state index contributed by atoms with van der Waals surface area (Å²) in [4.78, 5) is 0. The highest BCUT2D eigenvalue weighted by Gasteiger charge is 2.15. The van der Waals surface area contributed by atoms with Crippen LogP contribution in [-0.2, 0) is 0 Å². The number of benzene rings is 1. The van der Waals surface area contributed by atoms with Crippen molar-refractivity contribution < 1.29 is 4.39 Å². The molecule has 0 aliphatic heterocycles. The second kappa shape index (κ2) is 4.42. The van der Waals surface area contributed by atoms with Gasteiger partial charge in [-0.05, 0) is 32.0 Å². The van der Waals surface area contributed by atoms with E-state index in [9.17, 15) is 4.39 Å². The van der Waals surface area contributed by atoms with Crippen LogP contribution in [0.1, 0.15) is 17.0 Å². The predicted molar refractivity (Wildman–Crippen MR) is 69.0 cm³/mol. The third kappa shape index (κ3) is 1.97. The number of nitrogens with one attached hydrogen (secondary N) is 1. The molecule has 6 heteroatoms. The Morgan fingerprint density at radius 1 is 1.44 bits per heavy atom. The van der Waals surface area contributed by atoms with Crippen LogP contribution in [0, 0.1) is 25.1 Å². The van der Waals surface area contributed by atoms with E-state index in [1.54, 1.807) is 18.5 Å². The lowest BCUT2D eigenvalue weighted by atomic mass is 10.1. The highest BCUT2D eigenvalue weighted by Crippen LogP contribution is 2.24. The Labute approximate surface area is 109 Å². The van der Waals surface area contributed by atoms with Gasteiger partial charge in [0, 0.05) is 5.56 Å². The number of hydrogen-bond donors (Lipinski definition) is 2. The molecule has 0 amide bonds. The first kappa shape index (κ1) is 12.6. The first-order chi connectivity index (χ1) is 8.41. The van der Waals surface area contributed by atoms with Gasteiger partial charge in [0.05, 0.1) is 22.1 Å². The molecule has 0 aliphatic carbocycles. The van der Waals surface area contributed by atoms with Crippen LogP contribution in [0.2, 0.25) is 5.02 Å². The number of hydrogen-bond acceptors (Lipinski definition) is 2. The Bertz CT molecular complexity index is 633. The van der Waals surface area contributed by atoms with E-state index in [2.05, 4.69) is 5.10 Å². The van der Waals surface area contributed by atoms with Gasteiger partial charge in [0.1, 0.15) is 11.7 Å². The molecular formula is C12H12ClFN4. The topological polar surface area (TPSA) is 67.7 Å². The highest BCUT2D eigenvalue weighted by molar-refractivity contribution is 6.31. The van der Waals surface area contributed by atoms with Gasteiger partial charge < -0.3 is 5.73 Å². The molecule has 0 saturated carbocycles. The molecule has 0 bridgehead atoms. The molecule has 18 heavy (non-hydrogen) atoms. The van der Waals surface area contributed by atoms with Crippen LogP contribution in [0.5, 0.6) is 0 Å². The van der Waals surface area contributed by atoms with Crippen molar-refractivity contribution in [3.05, 3.63) is 46.0 Å². The lowest BCUT2D eigenvalue weighted by Crippen LogP contribution is -2.16. The fourth-order valence-electron chi connectivity index (χ4n) is 1.77. The number of nitrogen functional groups attached to an aromatic ring is 1. The maximum Gasteiger partial charge on any atom is 0.125 e. The van der Waals surface area contributed by atoms with Crippen molar-refractivity contribution in [3.8, 4) is 5.69 Å². The van der Waals surface area contributed by atoms with Crippen molar-refractivity contribution in [1.82, 2.24) is 9.78 Å². The second-order valence-corrected chi connectivity index (χ2v) is 4.35. The molecule has 0 fully saturated rings. The maximum atomic E-state index is 13.2. The van der Waals surface area contributed by atoms with Crippen molar-refractivity contribution in [2.24, 2.45) is 5.73 Å². The molecule has 0 spiro atoms. The van der Waals surface area contributed by atoms with Crippen molar-refractivity contribution >= 4 is 17.4 Å². The van der Waals surface area contributed by atoms with Crippen LogP contribution in [-0.4, -0.2) is 15.6 Å². The molecule has 3 N–H and O–H groups in total. The smallest absolute Gasteiger partial charge is 0.125 e. The number of nitrogens with zero attached hydrogens (tertiary/aromatic N) is 2. The normalized spacial score (nSPS) is 10.7. The van der Waals surface area contributed by atoms with Gasteiger partial charge in [-0.3, -0.25) is 5.41 Å². The van der Waals surface area contributed by atoms with Gasteiger partial charge >= 0.3 is 0 Å². The Morgan fingerprint density at radius 3 is 2.61 bits per heavy atom. The molecule has 0 saturated heterocycles. The molecule has 0 atom stereocenters. The first-order valence-electron chi connectivity index (χ1n) is 5.28. The van der Waals surface area contributed by atoms with Gasteiger partial charge in [-0.2, -0.15) is 5.10 Å². The monoisotopic (exact) mass is 266 g/mol. The summed E-state index contributed by atoms with van der Waals surface area (Å²) >= 11 is 6.07. The number of aromatic nitrogens is 2. The van der Waals surface area contributed by atoms with Crippen LogP contribution in [0.25, 0.3) is 5.69 Å². The minimum Gasteiger partial charge on any atom is -0.384 e. The van der Waals surface area contributed by atoms with Gasteiger partial charge in [0.2, 0.25) is 0 Å². The minimum absolute atomic E-state index is 0.215. The molecule has 0 radical (unpaired) electrons. The van der Waals surface area contributed by atoms with E-state index in [0.29, 0.717) is 16.4 Å². The molecule has 1 aromatic carbocycles. The van der Waals surface area contributed by atoms with Gasteiger partial charge in [-0.15, -0.1) is 0 Å². The summed E-state index contributed by atoms with van der Waals surface area (Å²) in [7, 11) is 0. The summed E-state index contributed by atoms with van der Waals surface area (Å²) < 4.78 is 14.8. The van der Waals surface area contributed by atoms with Crippen LogP contribution >= 0.6 is 11.6 Å². The quantitative estimate of drug-likeness (QED) is 0.648. The molecule has 1 heterocycles. The molecule has 94 valence electrons. The van der Waals surface area contributed by atoms with Crippen LogP contribution < -0.4 is 5.73 Å². The van der Waals surface area contributed by atoms with E-state index in [-0.39, 0.29) is 11.4 Å². The lowest BCUT2D eigenvalue weighted by Gasteiger charge is -2.10. The fourth-order valence-corrected chi connectivity index (χ4v) is 1.88. The van der Waals surface area contributed by atoms with Crippen molar-refractivity contribution in [2.75, 3.05) is 0 Å². The second-order valence-electron chi connectivity index (χ2n) is 3.97. The fraction of sp³-hybridized carbons (Fsp3) is 0.167. The molecule has 2 aromatic rings. The summed E-state index contributed by atoms with van der Waals surface area (Å²) in [5, 5.41) is 12.3. The maximum absolute atomic E-state index is 13.2. The molecule has 4 nitrogen and oxygen atoms in total. The average Bonchev–Trinajstić information content (AvgIpc) is 2.57. The Morgan fingerprint density at radius 2 is 2.11 bits per heavy atom. The highest BCUT2D eigenvalue weighted by atomic mass is 35.5. The molecule has 0 unspecified atom stereocenters. The van der Waals surface area contributed by atoms with Crippen molar-refractivity contribution in [1.29, 1.82) is 5.41 Å². The summed E-state index contributed by atoms with van der Waals surface area (Å²) in [5.41, 5.74) is 7.69. The van der Waals surface area contributed by atoms with Gasteiger partial charge in [-0.1, -0.05) is 11.6 Å². The van der Waals surface area contributed by atoms with Crippen LogP contribution in [0.4, 0.5) is 4.39 Å². The van der Waals surface area contributed by atoms with Crippen molar-refractivity contribution in [3.63, 3.8) is 0 Å². The summed E-state index contributed by atoms with van der Waals surface area (Å²) in [6.07, 6.45) is 0. The third-order valence-electron chi connectivity index (χ3n) is 2.68. The molecule has 1 aromatic heterocycles. The average molecular weight is 267 g/mol.